The van der Waals surface area contributed by atoms with Gasteiger partial charge in [-0.3, -0.25) is 0 Å². The van der Waals surface area contributed by atoms with Crippen LogP contribution in [0.3, 0.4) is 0 Å². The van der Waals surface area contributed by atoms with Crippen molar-refractivity contribution in [3.05, 3.63) is 46.5 Å². The summed E-state index contributed by atoms with van der Waals surface area (Å²) in [5, 5.41) is 3.99. The Kier molecular flexibility index (Phi) is 4.44. The number of aryl methyl sites for hydroxylation is 1. The number of pyridine rings is 1. The molecule has 3 aromatic rings. The topological polar surface area (TPSA) is 59.9 Å². The first kappa shape index (κ1) is 17.0. The van der Waals surface area contributed by atoms with E-state index >= 15 is 0 Å². The summed E-state index contributed by atoms with van der Waals surface area (Å²) in [7, 11) is -3.04. The van der Waals surface area contributed by atoms with Gasteiger partial charge < -0.3 is 0 Å². The van der Waals surface area contributed by atoms with E-state index in [1.165, 1.54) is 6.26 Å². The molecule has 3 rings (SSSR count). The molecule has 0 spiro atoms. The fourth-order valence-electron chi connectivity index (χ4n) is 2.61. The SMILES string of the molecule is Cc1cc(-c2nc(C(C)C)cs2)nc2ccc(CS(C)(=O)=O)cc12. The van der Waals surface area contributed by atoms with Crippen LogP contribution in [0.2, 0.25) is 0 Å². The van der Waals surface area contributed by atoms with Gasteiger partial charge >= 0.3 is 0 Å². The van der Waals surface area contributed by atoms with Crippen molar-refractivity contribution in [3.8, 4) is 10.7 Å². The lowest BCUT2D eigenvalue weighted by Gasteiger charge is -2.07. The maximum atomic E-state index is 11.5. The normalized spacial score (nSPS) is 12.2. The first-order valence-electron chi connectivity index (χ1n) is 7.77. The van der Waals surface area contributed by atoms with E-state index in [9.17, 15) is 8.42 Å². The molecule has 2 aromatic heterocycles. The number of rotatable bonds is 4. The quantitative estimate of drug-likeness (QED) is 0.694. The Balaban J connectivity index is 2.05. The van der Waals surface area contributed by atoms with E-state index in [2.05, 4.69) is 24.2 Å². The van der Waals surface area contributed by atoms with Gasteiger partial charge in [-0.05, 0) is 42.2 Å². The summed E-state index contributed by atoms with van der Waals surface area (Å²) in [6.45, 7) is 6.27. The van der Waals surface area contributed by atoms with Crippen molar-refractivity contribution in [2.45, 2.75) is 32.4 Å². The summed E-state index contributed by atoms with van der Waals surface area (Å²) in [5.41, 5.74) is 4.68. The smallest absolute Gasteiger partial charge is 0.151 e. The molecule has 0 radical (unpaired) electrons. The molecule has 0 unspecified atom stereocenters. The average Bonchev–Trinajstić information content (AvgIpc) is 2.96. The number of aromatic nitrogens is 2. The van der Waals surface area contributed by atoms with E-state index in [-0.39, 0.29) is 5.75 Å². The number of hydrogen-bond acceptors (Lipinski definition) is 5. The molecule has 0 saturated heterocycles. The second-order valence-corrected chi connectivity index (χ2v) is 9.48. The average molecular weight is 361 g/mol. The molecule has 4 nitrogen and oxygen atoms in total. The fraction of sp³-hybridized carbons (Fsp3) is 0.333. The Labute approximate surface area is 146 Å². The van der Waals surface area contributed by atoms with Crippen LogP contribution < -0.4 is 0 Å². The van der Waals surface area contributed by atoms with Crippen LogP contribution in [0.4, 0.5) is 0 Å². The number of benzene rings is 1. The predicted molar refractivity (Wildman–Crippen MR) is 100 cm³/mol. The molecule has 0 fully saturated rings. The highest BCUT2D eigenvalue weighted by Crippen LogP contribution is 2.29. The minimum atomic E-state index is -3.04. The van der Waals surface area contributed by atoms with Gasteiger partial charge in [0.05, 0.1) is 22.7 Å². The Bertz CT molecular complexity index is 1010. The van der Waals surface area contributed by atoms with Crippen LogP contribution in [0.15, 0.2) is 29.6 Å². The zero-order valence-corrected chi connectivity index (χ0v) is 15.8. The molecule has 0 saturated carbocycles. The van der Waals surface area contributed by atoms with Crippen molar-refractivity contribution in [1.82, 2.24) is 9.97 Å². The van der Waals surface area contributed by atoms with Crippen LogP contribution in [0.5, 0.6) is 0 Å². The molecule has 0 bridgehead atoms. The molecule has 2 heterocycles. The lowest BCUT2D eigenvalue weighted by molar-refractivity contribution is 0.601. The van der Waals surface area contributed by atoms with E-state index in [0.717, 1.165) is 38.4 Å². The largest absolute Gasteiger partial charge is 0.245 e. The van der Waals surface area contributed by atoms with Crippen molar-refractivity contribution in [1.29, 1.82) is 0 Å². The zero-order valence-electron chi connectivity index (χ0n) is 14.2. The van der Waals surface area contributed by atoms with Crippen molar-refractivity contribution >= 4 is 32.1 Å². The van der Waals surface area contributed by atoms with Crippen LogP contribution in [0.25, 0.3) is 21.6 Å². The number of hydrogen-bond donors (Lipinski definition) is 0. The standard InChI is InChI=1S/C18H20N2O2S2/c1-11(2)17-9-23-18(20-17)16-7-12(3)14-8-13(10-24(4,21)22)5-6-15(14)19-16/h5-9,11H,10H2,1-4H3. The van der Waals surface area contributed by atoms with Crippen LogP contribution in [0, 0.1) is 6.92 Å². The fourth-order valence-corrected chi connectivity index (χ4v) is 4.34. The van der Waals surface area contributed by atoms with Crippen LogP contribution in [-0.2, 0) is 15.6 Å². The molecule has 0 aliphatic carbocycles. The first-order valence-corrected chi connectivity index (χ1v) is 10.7. The molecule has 0 N–H and O–H groups in total. The van der Waals surface area contributed by atoms with Crippen molar-refractivity contribution < 1.29 is 8.42 Å². The third-order valence-corrected chi connectivity index (χ3v) is 5.58. The highest BCUT2D eigenvalue weighted by molar-refractivity contribution is 7.89. The zero-order chi connectivity index (χ0) is 17.5. The summed E-state index contributed by atoms with van der Waals surface area (Å²) in [6.07, 6.45) is 1.25. The minimum absolute atomic E-state index is 0.0500. The molecule has 24 heavy (non-hydrogen) atoms. The summed E-state index contributed by atoms with van der Waals surface area (Å²) >= 11 is 1.61. The van der Waals surface area contributed by atoms with Gasteiger partial charge in [-0.25, -0.2) is 18.4 Å². The van der Waals surface area contributed by atoms with Gasteiger partial charge in [0.1, 0.15) is 5.01 Å². The van der Waals surface area contributed by atoms with E-state index in [0.29, 0.717) is 5.92 Å². The van der Waals surface area contributed by atoms with Gasteiger partial charge in [-0.2, -0.15) is 0 Å². The summed E-state index contributed by atoms with van der Waals surface area (Å²) in [4.78, 5) is 9.39. The van der Waals surface area contributed by atoms with Gasteiger partial charge in [-0.15, -0.1) is 11.3 Å². The van der Waals surface area contributed by atoms with Gasteiger partial charge in [0.25, 0.3) is 0 Å². The maximum absolute atomic E-state index is 11.5. The number of thiazole rings is 1. The first-order chi connectivity index (χ1) is 11.2. The maximum Gasteiger partial charge on any atom is 0.151 e. The summed E-state index contributed by atoms with van der Waals surface area (Å²) in [5.74, 6) is 0.448. The molecule has 0 aliphatic rings. The highest BCUT2D eigenvalue weighted by Gasteiger charge is 2.12. The molecular weight excluding hydrogens is 340 g/mol. The van der Waals surface area contributed by atoms with E-state index < -0.39 is 9.84 Å². The van der Waals surface area contributed by atoms with Crippen molar-refractivity contribution in [2.75, 3.05) is 6.26 Å². The molecule has 1 aromatic carbocycles. The Morgan fingerprint density at radius 1 is 1.17 bits per heavy atom. The lowest BCUT2D eigenvalue weighted by Crippen LogP contribution is -2.01. The van der Waals surface area contributed by atoms with Crippen LogP contribution >= 0.6 is 11.3 Å². The van der Waals surface area contributed by atoms with Crippen LogP contribution in [-0.4, -0.2) is 24.6 Å². The number of nitrogens with zero attached hydrogens (tertiary/aromatic N) is 2. The van der Waals surface area contributed by atoms with Gasteiger partial charge in [0.15, 0.2) is 9.84 Å². The van der Waals surface area contributed by atoms with E-state index in [1.807, 2.05) is 31.2 Å². The third-order valence-electron chi connectivity index (χ3n) is 3.84. The number of fused-ring (bicyclic) bond motifs is 1. The summed E-state index contributed by atoms with van der Waals surface area (Å²) in [6, 6.07) is 7.67. The van der Waals surface area contributed by atoms with Crippen molar-refractivity contribution in [3.63, 3.8) is 0 Å². The van der Waals surface area contributed by atoms with Crippen LogP contribution in [0.1, 0.15) is 36.6 Å². The Morgan fingerprint density at radius 3 is 2.54 bits per heavy atom. The lowest BCUT2D eigenvalue weighted by atomic mass is 10.1. The highest BCUT2D eigenvalue weighted by atomic mass is 32.2. The van der Waals surface area contributed by atoms with Gasteiger partial charge in [0, 0.05) is 17.0 Å². The second-order valence-electron chi connectivity index (χ2n) is 6.48. The number of sulfone groups is 1. The molecular formula is C18H20N2O2S2. The van der Waals surface area contributed by atoms with E-state index in [4.69, 9.17) is 4.98 Å². The van der Waals surface area contributed by atoms with Gasteiger partial charge in [0.2, 0.25) is 0 Å². The monoisotopic (exact) mass is 360 g/mol. The molecule has 126 valence electrons. The minimum Gasteiger partial charge on any atom is -0.245 e. The predicted octanol–water partition coefficient (Wildman–Crippen LogP) is 4.33. The molecule has 0 amide bonds. The van der Waals surface area contributed by atoms with E-state index in [1.54, 1.807) is 11.3 Å². The Hall–Kier alpha value is -1.79. The van der Waals surface area contributed by atoms with Gasteiger partial charge in [-0.1, -0.05) is 19.9 Å². The van der Waals surface area contributed by atoms with Crippen molar-refractivity contribution in [2.24, 2.45) is 0 Å². The second kappa shape index (κ2) is 6.26. The third kappa shape index (κ3) is 3.65. The molecule has 6 heteroatoms. The summed E-state index contributed by atoms with van der Waals surface area (Å²) < 4.78 is 23.0. The molecule has 0 atom stereocenters. The Morgan fingerprint density at radius 2 is 1.92 bits per heavy atom. The molecule has 0 aliphatic heterocycles.